The third kappa shape index (κ3) is 2.71. The summed E-state index contributed by atoms with van der Waals surface area (Å²) in [6.45, 7) is 12.3. The minimum Gasteiger partial charge on any atom is -0.461 e. The summed E-state index contributed by atoms with van der Waals surface area (Å²) in [4.78, 5) is 19.7. The second-order valence-electron chi connectivity index (χ2n) is 5.37. The van der Waals surface area contributed by atoms with Crippen LogP contribution >= 0.6 is 0 Å². The highest BCUT2D eigenvalue weighted by molar-refractivity contribution is 6.44. The van der Waals surface area contributed by atoms with Crippen LogP contribution in [0.1, 0.15) is 43.3 Å². The molecule has 2 heterocycles. The maximum absolute atomic E-state index is 11.9. The van der Waals surface area contributed by atoms with Gasteiger partial charge in [-0.3, -0.25) is 0 Å². The zero-order valence-corrected chi connectivity index (χ0v) is 13.5. The normalized spacial score (nSPS) is 16.7. The largest absolute Gasteiger partial charge is 0.461 e. The van der Waals surface area contributed by atoms with Crippen molar-refractivity contribution in [3.05, 3.63) is 39.4 Å². The SMILES string of the molecule is CCOC(=O)C1=N/C(=C\c2[nH]c(C)c(C)c2C)C(C)=C1C. The van der Waals surface area contributed by atoms with Gasteiger partial charge in [-0.05, 0) is 69.9 Å². The minimum atomic E-state index is -0.353. The molecule has 0 atom stereocenters. The van der Waals surface area contributed by atoms with Gasteiger partial charge in [0.15, 0.2) is 5.71 Å². The Kier molecular flexibility index (Phi) is 4.16. The van der Waals surface area contributed by atoms with E-state index in [9.17, 15) is 4.79 Å². The van der Waals surface area contributed by atoms with Crippen LogP contribution in [0.4, 0.5) is 0 Å². The molecule has 0 bridgehead atoms. The lowest BCUT2D eigenvalue weighted by molar-refractivity contribution is -0.134. The van der Waals surface area contributed by atoms with Crippen molar-refractivity contribution in [2.45, 2.75) is 41.5 Å². The Morgan fingerprint density at radius 3 is 2.33 bits per heavy atom. The lowest BCUT2D eigenvalue weighted by Crippen LogP contribution is -2.17. The summed E-state index contributed by atoms with van der Waals surface area (Å²) in [7, 11) is 0. The number of nitrogens with zero attached hydrogens (tertiary/aromatic N) is 1. The minimum absolute atomic E-state index is 0.353. The summed E-state index contributed by atoms with van der Waals surface area (Å²) in [5.41, 5.74) is 7.81. The first-order chi connectivity index (χ1) is 9.86. The second kappa shape index (κ2) is 5.72. The fourth-order valence-corrected chi connectivity index (χ4v) is 2.35. The van der Waals surface area contributed by atoms with E-state index < -0.39 is 0 Å². The molecule has 0 unspecified atom stereocenters. The fraction of sp³-hybridized carbons (Fsp3) is 0.412. The lowest BCUT2D eigenvalue weighted by atomic mass is 10.1. The molecule has 0 aliphatic carbocycles. The second-order valence-corrected chi connectivity index (χ2v) is 5.37. The van der Waals surface area contributed by atoms with Crippen LogP contribution < -0.4 is 0 Å². The molecule has 0 amide bonds. The van der Waals surface area contributed by atoms with Gasteiger partial charge in [0.05, 0.1) is 12.3 Å². The molecule has 0 radical (unpaired) electrons. The van der Waals surface area contributed by atoms with E-state index in [2.05, 4.69) is 30.7 Å². The summed E-state index contributed by atoms with van der Waals surface area (Å²) in [6.07, 6.45) is 2.00. The van der Waals surface area contributed by atoms with Crippen molar-refractivity contribution in [1.29, 1.82) is 0 Å². The number of hydrogen-bond acceptors (Lipinski definition) is 3. The molecule has 1 aliphatic heterocycles. The average Bonchev–Trinajstić information content (AvgIpc) is 2.85. The van der Waals surface area contributed by atoms with Gasteiger partial charge in [0.2, 0.25) is 0 Å². The highest BCUT2D eigenvalue weighted by Gasteiger charge is 2.24. The predicted molar refractivity (Wildman–Crippen MR) is 85.4 cm³/mol. The van der Waals surface area contributed by atoms with Crippen molar-refractivity contribution in [3.8, 4) is 0 Å². The van der Waals surface area contributed by atoms with Crippen molar-refractivity contribution < 1.29 is 9.53 Å². The highest BCUT2D eigenvalue weighted by Crippen LogP contribution is 2.28. The Labute approximate surface area is 125 Å². The third-order valence-electron chi connectivity index (χ3n) is 4.14. The van der Waals surface area contributed by atoms with E-state index in [0.29, 0.717) is 12.3 Å². The Morgan fingerprint density at radius 1 is 1.14 bits per heavy atom. The standard InChI is InChI=1S/C17H22N2O2/c1-7-21-17(20)16-12(5)11(4)15(19-16)8-14-10(3)9(2)13(6)18-14/h8,18H,7H2,1-6H3/b15-8-. The number of allylic oxidation sites excluding steroid dienone is 1. The topological polar surface area (TPSA) is 54.4 Å². The number of H-pyrrole nitrogens is 1. The number of aryl methyl sites for hydroxylation is 1. The summed E-state index contributed by atoms with van der Waals surface area (Å²) < 4.78 is 5.05. The van der Waals surface area contributed by atoms with Gasteiger partial charge in [-0.2, -0.15) is 0 Å². The highest BCUT2D eigenvalue weighted by atomic mass is 16.5. The van der Waals surface area contributed by atoms with Crippen LogP contribution in [0.15, 0.2) is 21.8 Å². The van der Waals surface area contributed by atoms with Crippen molar-refractivity contribution in [2.75, 3.05) is 6.61 Å². The van der Waals surface area contributed by atoms with Gasteiger partial charge in [-0.15, -0.1) is 0 Å². The molecule has 2 rings (SSSR count). The van der Waals surface area contributed by atoms with Crippen LogP contribution in [0.5, 0.6) is 0 Å². The smallest absolute Gasteiger partial charge is 0.357 e. The van der Waals surface area contributed by atoms with Gasteiger partial charge in [0, 0.05) is 11.4 Å². The van der Waals surface area contributed by atoms with E-state index >= 15 is 0 Å². The quantitative estimate of drug-likeness (QED) is 0.863. The average molecular weight is 286 g/mol. The van der Waals surface area contributed by atoms with Crippen LogP contribution in [-0.2, 0) is 9.53 Å². The fourth-order valence-electron chi connectivity index (χ4n) is 2.35. The molecule has 1 aliphatic rings. The number of rotatable bonds is 3. The van der Waals surface area contributed by atoms with E-state index in [1.54, 1.807) is 6.92 Å². The number of carbonyl (C=O) groups is 1. The van der Waals surface area contributed by atoms with Crippen LogP contribution in [-0.4, -0.2) is 23.3 Å². The number of esters is 1. The van der Waals surface area contributed by atoms with Crippen LogP contribution in [0.2, 0.25) is 0 Å². The molecule has 1 aromatic rings. The van der Waals surface area contributed by atoms with E-state index in [4.69, 9.17) is 4.74 Å². The first-order valence-corrected chi connectivity index (χ1v) is 7.18. The van der Waals surface area contributed by atoms with Crippen molar-refractivity contribution in [1.82, 2.24) is 4.98 Å². The predicted octanol–water partition coefficient (Wildman–Crippen LogP) is 3.63. The van der Waals surface area contributed by atoms with Crippen LogP contribution in [0, 0.1) is 20.8 Å². The molecule has 0 aromatic carbocycles. The number of hydrogen-bond donors (Lipinski definition) is 1. The number of nitrogens with one attached hydrogen (secondary N) is 1. The molecule has 0 fully saturated rings. The Bertz CT molecular complexity index is 688. The van der Waals surface area contributed by atoms with Crippen molar-refractivity contribution >= 4 is 17.8 Å². The molecule has 0 saturated carbocycles. The Morgan fingerprint density at radius 2 is 1.81 bits per heavy atom. The molecule has 0 saturated heterocycles. The van der Waals surface area contributed by atoms with Gasteiger partial charge in [-0.25, -0.2) is 9.79 Å². The molecule has 4 heteroatoms. The monoisotopic (exact) mass is 286 g/mol. The van der Waals surface area contributed by atoms with Gasteiger partial charge < -0.3 is 9.72 Å². The van der Waals surface area contributed by atoms with Crippen molar-refractivity contribution in [2.24, 2.45) is 4.99 Å². The Hall–Kier alpha value is -2.10. The van der Waals surface area contributed by atoms with Crippen molar-refractivity contribution in [3.63, 3.8) is 0 Å². The molecule has 21 heavy (non-hydrogen) atoms. The summed E-state index contributed by atoms with van der Waals surface area (Å²) in [6, 6.07) is 0. The van der Waals surface area contributed by atoms with Crippen LogP contribution in [0.25, 0.3) is 6.08 Å². The number of aromatic nitrogens is 1. The molecular weight excluding hydrogens is 264 g/mol. The summed E-state index contributed by atoms with van der Waals surface area (Å²) >= 11 is 0. The van der Waals surface area contributed by atoms with Crippen LogP contribution in [0.3, 0.4) is 0 Å². The van der Waals surface area contributed by atoms with Gasteiger partial charge in [0.25, 0.3) is 0 Å². The zero-order valence-electron chi connectivity index (χ0n) is 13.5. The molecule has 1 N–H and O–H groups in total. The van der Waals surface area contributed by atoms with E-state index in [0.717, 1.165) is 28.2 Å². The maximum atomic E-state index is 11.9. The zero-order chi connectivity index (χ0) is 15.7. The molecular formula is C17H22N2O2. The number of carbonyl (C=O) groups excluding carboxylic acids is 1. The van der Waals surface area contributed by atoms with Gasteiger partial charge in [0.1, 0.15) is 0 Å². The first-order valence-electron chi connectivity index (χ1n) is 7.18. The molecule has 1 aromatic heterocycles. The maximum Gasteiger partial charge on any atom is 0.357 e. The number of ether oxygens (including phenoxy) is 1. The van der Waals surface area contributed by atoms with E-state index in [1.165, 1.54) is 11.1 Å². The number of aromatic amines is 1. The molecule has 4 nitrogen and oxygen atoms in total. The van der Waals surface area contributed by atoms with E-state index in [1.807, 2.05) is 19.9 Å². The number of aliphatic imine (C=N–C) groups is 1. The van der Waals surface area contributed by atoms with Gasteiger partial charge >= 0.3 is 5.97 Å². The third-order valence-corrected chi connectivity index (χ3v) is 4.14. The lowest BCUT2D eigenvalue weighted by Gasteiger charge is -2.01. The van der Waals surface area contributed by atoms with E-state index in [-0.39, 0.29) is 5.97 Å². The summed E-state index contributed by atoms with van der Waals surface area (Å²) in [5, 5.41) is 0. The molecule has 0 spiro atoms. The summed E-state index contributed by atoms with van der Waals surface area (Å²) in [5.74, 6) is -0.353. The molecule has 112 valence electrons. The van der Waals surface area contributed by atoms with Gasteiger partial charge in [-0.1, -0.05) is 0 Å². The first kappa shape index (κ1) is 15.3. The Balaban J connectivity index is 2.43.